The number of hydrogen-bond acceptors (Lipinski definition) is 3. The van der Waals surface area contributed by atoms with Gasteiger partial charge in [-0.15, -0.1) is 0 Å². The van der Waals surface area contributed by atoms with Crippen molar-refractivity contribution in [3.05, 3.63) is 228 Å². The molecular weight excluding hydrogens is 775 g/mol. The Bertz CT molecular complexity index is 3190. The SMILES string of the molecule is CC1(C)c2cccc3c2N2c4c1cc(-c1ccc(N(c5ccccc5)C5C=CC=CC5)c5ccccc15)cc4C(C)(C)c1cc(N(c4ccccc4)c4ccccc4)cc(c12)C3(C)C. The van der Waals surface area contributed by atoms with Crippen LogP contribution >= 0.6 is 0 Å². The molecule has 0 aromatic heterocycles. The smallest absolute Gasteiger partial charge is 0.0560 e. The van der Waals surface area contributed by atoms with Gasteiger partial charge >= 0.3 is 0 Å². The van der Waals surface area contributed by atoms with Gasteiger partial charge in [-0.25, -0.2) is 0 Å². The summed E-state index contributed by atoms with van der Waals surface area (Å²) in [5.41, 5.74) is 19.9. The highest BCUT2D eigenvalue weighted by Crippen LogP contribution is 2.67. The van der Waals surface area contributed by atoms with Crippen molar-refractivity contribution in [2.45, 2.75) is 70.3 Å². The van der Waals surface area contributed by atoms with E-state index in [2.05, 4.69) is 250 Å². The Labute approximate surface area is 378 Å². The molecule has 3 heterocycles. The topological polar surface area (TPSA) is 9.72 Å². The lowest BCUT2D eigenvalue weighted by Crippen LogP contribution is -2.43. The maximum atomic E-state index is 2.69. The summed E-state index contributed by atoms with van der Waals surface area (Å²) >= 11 is 0. The van der Waals surface area contributed by atoms with Crippen molar-refractivity contribution in [3.8, 4) is 11.1 Å². The molecule has 8 aromatic rings. The predicted octanol–water partition coefficient (Wildman–Crippen LogP) is 16.4. The number of rotatable bonds is 7. The van der Waals surface area contributed by atoms with Gasteiger partial charge in [0.2, 0.25) is 0 Å². The number of benzene rings is 8. The molecule has 0 spiro atoms. The molecule has 1 atom stereocenters. The molecule has 0 bridgehead atoms. The zero-order chi connectivity index (χ0) is 43.5. The molecule has 312 valence electrons. The standard InChI is InChI=1S/C61H53N3/c1-59(2)49-32-21-33-50-56(49)64-57-51(59)36-40(46-34-35-55(48-31-20-19-30-47(46)48)63(43-26-15-9-16-27-43)44-28-17-10-18-29-44)37-52(57)61(5,6)54-39-45(38-53(58(54)64)60(50,3)4)62(41-22-11-7-12-23-41)42-24-13-8-14-25-42/h7-28,30-39,44H,29H2,1-6H3. The van der Waals surface area contributed by atoms with E-state index in [1.54, 1.807) is 0 Å². The molecule has 12 rings (SSSR count). The van der Waals surface area contributed by atoms with Crippen molar-refractivity contribution < 1.29 is 0 Å². The van der Waals surface area contributed by atoms with Crippen molar-refractivity contribution in [3.63, 3.8) is 0 Å². The van der Waals surface area contributed by atoms with Crippen LogP contribution in [-0.2, 0) is 16.2 Å². The van der Waals surface area contributed by atoms with E-state index in [-0.39, 0.29) is 22.3 Å². The van der Waals surface area contributed by atoms with Crippen LogP contribution in [0.1, 0.15) is 81.3 Å². The van der Waals surface area contributed by atoms with Crippen LogP contribution in [0.5, 0.6) is 0 Å². The number of para-hydroxylation sites is 4. The molecule has 0 saturated heterocycles. The predicted molar refractivity (Wildman–Crippen MR) is 270 cm³/mol. The molecule has 4 aliphatic rings. The second-order valence-corrected chi connectivity index (χ2v) is 19.7. The Morgan fingerprint density at radius 2 is 0.922 bits per heavy atom. The third-order valence-electron chi connectivity index (χ3n) is 15.0. The second-order valence-electron chi connectivity index (χ2n) is 19.7. The van der Waals surface area contributed by atoms with Crippen LogP contribution in [0.3, 0.4) is 0 Å². The maximum absolute atomic E-state index is 2.69. The van der Waals surface area contributed by atoms with Crippen LogP contribution in [0.4, 0.5) is 45.5 Å². The molecule has 3 aliphatic heterocycles. The van der Waals surface area contributed by atoms with Gasteiger partial charge in [-0.2, -0.15) is 0 Å². The first-order valence-electron chi connectivity index (χ1n) is 23.0. The van der Waals surface area contributed by atoms with Gasteiger partial charge in [0.25, 0.3) is 0 Å². The molecule has 3 heteroatoms. The first-order chi connectivity index (χ1) is 31.0. The lowest BCUT2D eigenvalue weighted by atomic mass is 9.60. The number of fused-ring (bicyclic) bond motifs is 1. The lowest BCUT2D eigenvalue weighted by molar-refractivity contribution is 0.567. The van der Waals surface area contributed by atoms with Gasteiger partial charge in [0, 0.05) is 50.1 Å². The first-order valence-corrected chi connectivity index (χ1v) is 23.0. The first kappa shape index (κ1) is 38.6. The van der Waals surface area contributed by atoms with Crippen LogP contribution in [-0.4, -0.2) is 6.04 Å². The second kappa shape index (κ2) is 13.9. The van der Waals surface area contributed by atoms with Crippen LogP contribution in [0.15, 0.2) is 194 Å². The lowest BCUT2D eigenvalue weighted by Gasteiger charge is -2.55. The number of hydrogen-bond donors (Lipinski definition) is 0. The minimum atomic E-state index is -0.341. The van der Waals surface area contributed by atoms with Crippen molar-refractivity contribution in [1.29, 1.82) is 0 Å². The summed E-state index contributed by atoms with van der Waals surface area (Å²) in [5.74, 6) is 0. The molecule has 0 radical (unpaired) electrons. The van der Waals surface area contributed by atoms with E-state index in [0.717, 1.165) is 17.8 Å². The Kier molecular flexibility index (Phi) is 8.41. The van der Waals surface area contributed by atoms with Crippen molar-refractivity contribution >= 4 is 56.3 Å². The Morgan fingerprint density at radius 3 is 1.47 bits per heavy atom. The molecule has 8 aromatic carbocycles. The summed E-state index contributed by atoms with van der Waals surface area (Å²) in [6.07, 6.45) is 9.94. The fourth-order valence-corrected chi connectivity index (χ4v) is 11.7. The normalized spacial score (nSPS) is 17.5. The third kappa shape index (κ3) is 5.46. The summed E-state index contributed by atoms with van der Waals surface area (Å²) in [6.45, 7) is 14.7. The van der Waals surface area contributed by atoms with Crippen LogP contribution in [0, 0.1) is 0 Å². The Hall–Kier alpha value is -7.10. The van der Waals surface area contributed by atoms with Crippen molar-refractivity contribution in [1.82, 2.24) is 0 Å². The molecule has 0 saturated carbocycles. The van der Waals surface area contributed by atoms with E-state index in [0.29, 0.717) is 0 Å². The van der Waals surface area contributed by atoms with E-state index >= 15 is 0 Å². The molecule has 3 nitrogen and oxygen atoms in total. The average Bonchev–Trinajstić information content (AvgIpc) is 3.32. The molecule has 0 N–H and O–H groups in total. The third-order valence-corrected chi connectivity index (χ3v) is 15.0. The molecular formula is C61H53N3. The monoisotopic (exact) mass is 827 g/mol. The van der Waals surface area contributed by atoms with Gasteiger partial charge in [0.1, 0.15) is 0 Å². The molecule has 0 fully saturated rings. The quantitative estimate of drug-likeness (QED) is 0.158. The molecule has 1 unspecified atom stereocenters. The molecule has 64 heavy (non-hydrogen) atoms. The van der Waals surface area contributed by atoms with Crippen LogP contribution < -0.4 is 14.7 Å². The fraction of sp³-hybridized carbons (Fsp3) is 0.180. The summed E-state index contributed by atoms with van der Waals surface area (Å²) in [5, 5.41) is 2.52. The summed E-state index contributed by atoms with van der Waals surface area (Å²) < 4.78 is 0. The number of anilines is 8. The van der Waals surface area contributed by atoms with Crippen LogP contribution in [0.2, 0.25) is 0 Å². The maximum Gasteiger partial charge on any atom is 0.0560 e. The van der Waals surface area contributed by atoms with Gasteiger partial charge in [-0.1, -0.05) is 169 Å². The van der Waals surface area contributed by atoms with E-state index < -0.39 is 0 Å². The zero-order valence-corrected chi connectivity index (χ0v) is 37.6. The van der Waals surface area contributed by atoms with Crippen molar-refractivity contribution in [2.24, 2.45) is 0 Å². The van der Waals surface area contributed by atoms with Gasteiger partial charge in [-0.05, 0) is 123 Å². The average molecular weight is 828 g/mol. The fourth-order valence-electron chi connectivity index (χ4n) is 11.7. The van der Waals surface area contributed by atoms with Crippen LogP contribution in [0.25, 0.3) is 21.9 Å². The van der Waals surface area contributed by atoms with Gasteiger partial charge in [0.05, 0.1) is 23.1 Å². The molecule has 1 aliphatic carbocycles. The van der Waals surface area contributed by atoms with E-state index in [1.807, 2.05) is 0 Å². The van der Waals surface area contributed by atoms with Crippen molar-refractivity contribution in [2.75, 3.05) is 14.7 Å². The summed E-state index contributed by atoms with van der Waals surface area (Å²) in [6, 6.07) is 63.9. The Balaban J connectivity index is 1.11. The summed E-state index contributed by atoms with van der Waals surface area (Å²) in [4.78, 5) is 7.66. The summed E-state index contributed by atoms with van der Waals surface area (Å²) in [7, 11) is 0. The number of allylic oxidation sites excluding steroid dienone is 2. The van der Waals surface area contributed by atoms with Gasteiger partial charge in [0.15, 0.2) is 0 Å². The highest BCUT2D eigenvalue weighted by Gasteiger charge is 2.52. The largest absolute Gasteiger partial charge is 0.334 e. The molecule has 0 amide bonds. The zero-order valence-electron chi connectivity index (χ0n) is 37.6. The highest BCUT2D eigenvalue weighted by molar-refractivity contribution is 6.07. The van der Waals surface area contributed by atoms with E-state index in [4.69, 9.17) is 0 Å². The van der Waals surface area contributed by atoms with Gasteiger partial charge < -0.3 is 14.7 Å². The minimum absolute atomic E-state index is 0.213. The highest BCUT2D eigenvalue weighted by atomic mass is 15.2. The number of nitrogens with zero attached hydrogens (tertiary/aromatic N) is 3. The minimum Gasteiger partial charge on any atom is -0.334 e. The van der Waals surface area contributed by atoms with E-state index in [9.17, 15) is 0 Å². The Morgan fingerprint density at radius 1 is 0.438 bits per heavy atom. The van der Waals surface area contributed by atoms with E-state index in [1.165, 1.54) is 89.4 Å². The van der Waals surface area contributed by atoms with Gasteiger partial charge in [-0.3, -0.25) is 0 Å².